The zero-order valence-corrected chi connectivity index (χ0v) is 15.4. The molecule has 0 saturated heterocycles. The van der Waals surface area contributed by atoms with Crippen molar-refractivity contribution in [3.63, 3.8) is 0 Å². The standard InChI is InChI=1S/C17H24N2OS2/c1-5-6-7-10-19(12(2)3)17(20)15-13(4)18-16(22-15)14-9-8-11-21-14/h8-9,11-12H,5-7,10H2,1-4H3. The first kappa shape index (κ1) is 17.2. The van der Waals surface area contributed by atoms with Crippen molar-refractivity contribution >= 4 is 28.6 Å². The number of aryl methyl sites for hydroxylation is 1. The Balaban J connectivity index is 2.19. The van der Waals surface area contributed by atoms with Crippen LogP contribution >= 0.6 is 22.7 Å². The van der Waals surface area contributed by atoms with Crippen LogP contribution in [-0.2, 0) is 0 Å². The first-order valence-electron chi connectivity index (χ1n) is 7.86. The molecular weight excluding hydrogens is 312 g/mol. The molecule has 2 heterocycles. The molecule has 1 amide bonds. The minimum Gasteiger partial charge on any atom is -0.335 e. The van der Waals surface area contributed by atoms with Crippen molar-refractivity contribution in [3.8, 4) is 9.88 Å². The van der Waals surface area contributed by atoms with Crippen LogP contribution < -0.4 is 0 Å². The molecule has 2 rings (SSSR count). The van der Waals surface area contributed by atoms with E-state index >= 15 is 0 Å². The largest absolute Gasteiger partial charge is 0.335 e. The topological polar surface area (TPSA) is 33.2 Å². The lowest BCUT2D eigenvalue weighted by Crippen LogP contribution is -2.37. The van der Waals surface area contributed by atoms with E-state index in [0.717, 1.165) is 33.4 Å². The molecule has 2 aromatic heterocycles. The van der Waals surface area contributed by atoms with E-state index in [0.29, 0.717) is 0 Å². The van der Waals surface area contributed by atoms with Gasteiger partial charge in [0.15, 0.2) is 0 Å². The van der Waals surface area contributed by atoms with Crippen LogP contribution in [0.5, 0.6) is 0 Å². The van der Waals surface area contributed by atoms with Crippen molar-refractivity contribution in [1.29, 1.82) is 0 Å². The monoisotopic (exact) mass is 336 g/mol. The Hall–Kier alpha value is -1.20. The zero-order chi connectivity index (χ0) is 16.1. The number of hydrogen-bond acceptors (Lipinski definition) is 4. The van der Waals surface area contributed by atoms with Crippen molar-refractivity contribution < 1.29 is 4.79 Å². The quantitative estimate of drug-likeness (QED) is 0.649. The summed E-state index contributed by atoms with van der Waals surface area (Å²) in [6.45, 7) is 9.12. The van der Waals surface area contributed by atoms with Crippen molar-refractivity contribution in [2.75, 3.05) is 6.54 Å². The Labute approximate surface area is 141 Å². The van der Waals surface area contributed by atoms with Gasteiger partial charge < -0.3 is 4.90 Å². The fraction of sp³-hybridized carbons (Fsp3) is 0.529. The second-order valence-corrected chi connectivity index (χ2v) is 7.66. The fourth-order valence-electron chi connectivity index (χ4n) is 2.36. The minimum atomic E-state index is 0.129. The zero-order valence-electron chi connectivity index (χ0n) is 13.8. The molecular formula is C17H24N2OS2. The van der Waals surface area contributed by atoms with Crippen molar-refractivity contribution in [3.05, 3.63) is 28.1 Å². The van der Waals surface area contributed by atoms with E-state index in [-0.39, 0.29) is 11.9 Å². The van der Waals surface area contributed by atoms with Gasteiger partial charge in [0.25, 0.3) is 5.91 Å². The molecule has 0 atom stereocenters. The van der Waals surface area contributed by atoms with Gasteiger partial charge in [-0.25, -0.2) is 4.98 Å². The molecule has 0 aliphatic heterocycles. The summed E-state index contributed by atoms with van der Waals surface area (Å²) >= 11 is 3.18. The molecule has 0 aliphatic rings. The van der Waals surface area contributed by atoms with Gasteiger partial charge in [-0.2, -0.15) is 0 Å². The minimum absolute atomic E-state index is 0.129. The van der Waals surface area contributed by atoms with E-state index in [4.69, 9.17) is 0 Å². The molecule has 0 spiro atoms. The van der Waals surface area contributed by atoms with Gasteiger partial charge in [-0.1, -0.05) is 25.8 Å². The second kappa shape index (κ2) is 7.88. The van der Waals surface area contributed by atoms with Crippen molar-refractivity contribution in [2.24, 2.45) is 0 Å². The Morgan fingerprint density at radius 3 is 2.73 bits per heavy atom. The lowest BCUT2D eigenvalue weighted by molar-refractivity contribution is 0.0706. The predicted octanol–water partition coefficient (Wildman–Crippen LogP) is 5.22. The van der Waals surface area contributed by atoms with Gasteiger partial charge in [0, 0.05) is 12.6 Å². The number of aromatic nitrogens is 1. The summed E-state index contributed by atoms with van der Waals surface area (Å²) in [5.74, 6) is 0.129. The molecule has 0 fully saturated rings. The smallest absolute Gasteiger partial charge is 0.266 e. The summed E-state index contributed by atoms with van der Waals surface area (Å²) in [6.07, 6.45) is 3.40. The lowest BCUT2D eigenvalue weighted by Gasteiger charge is -2.26. The van der Waals surface area contributed by atoms with E-state index < -0.39 is 0 Å². The lowest BCUT2D eigenvalue weighted by atomic mass is 10.2. The van der Waals surface area contributed by atoms with Crippen molar-refractivity contribution in [2.45, 2.75) is 53.0 Å². The Morgan fingerprint density at radius 2 is 2.14 bits per heavy atom. The van der Waals surface area contributed by atoms with Gasteiger partial charge in [-0.05, 0) is 38.6 Å². The summed E-state index contributed by atoms with van der Waals surface area (Å²) in [4.78, 5) is 21.4. The number of nitrogens with zero attached hydrogens (tertiary/aromatic N) is 2. The number of carbonyl (C=O) groups is 1. The molecule has 0 N–H and O–H groups in total. The van der Waals surface area contributed by atoms with E-state index in [1.807, 2.05) is 23.3 Å². The molecule has 5 heteroatoms. The third-order valence-corrected chi connectivity index (χ3v) is 5.79. The van der Waals surface area contributed by atoms with Gasteiger partial charge in [0.1, 0.15) is 9.88 Å². The van der Waals surface area contributed by atoms with Crippen LogP contribution in [0.2, 0.25) is 0 Å². The molecule has 0 aliphatic carbocycles. The highest BCUT2D eigenvalue weighted by Crippen LogP contribution is 2.32. The van der Waals surface area contributed by atoms with Crippen LogP contribution in [0, 0.1) is 6.92 Å². The fourth-order valence-corrected chi connectivity index (χ4v) is 4.18. The molecule has 0 aromatic carbocycles. The van der Waals surface area contributed by atoms with E-state index in [9.17, 15) is 4.79 Å². The van der Waals surface area contributed by atoms with E-state index in [1.54, 1.807) is 11.3 Å². The van der Waals surface area contributed by atoms with Crippen LogP contribution in [0.1, 0.15) is 55.4 Å². The van der Waals surface area contributed by atoms with Crippen LogP contribution in [0.3, 0.4) is 0 Å². The van der Waals surface area contributed by atoms with E-state index in [2.05, 4.69) is 31.8 Å². The number of unbranched alkanes of at least 4 members (excludes halogenated alkanes) is 2. The second-order valence-electron chi connectivity index (χ2n) is 5.71. The van der Waals surface area contributed by atoms with Gasteiger partial charge in [-0.3, -0.25) is 4.79 Å². The van der Waals surface area contributed by atoms with Gasteiger partial charge in [0.05, 0.1) is 10.6 Å². The number of hydrogen-bond donors (Lipinski definition) is 0. The molecule has 0 unspecified atom stereocenters. The maximum Gasteiger partial charge on any atom is 0.266 e. The van der Waals surface area contributed by atoms with Crippen LogP contribution in [0.25, 0.3) is 9.88 Å². The molecule has 0 bridgehead atoms. The first-order valence-corrected chi connectivity index (χ1v) is 9.56. The molecule has 0 radical (unpaired) electrons. The summed E-state index contributed by atoms with van der Waals surface area (Å²) in [5.41, 5.74) is 0.847. The first-order chi connectivity index (χ1) is 10.5. The van der Waals surface area contributed by atoms with Crippen molar-refractivity contribution in [1.82, 2.24) is 9.88 Å². The Kier molecular flexibility index (Phi) is 6.15. The van der Waals surface area contributed by atoms with Crippen LogP contribution in [-0.4, -0.2) is 28.4 Å². The average Bonchev–Trinajstić information content (AvgIpc) is 3.11. The number of thiazole rings is 1. The maximum absolute atomic E-state index is 12.9. The number of rotatable bonds is 7. The molecule has 120 valence electrons. The third-order valence-electron chi connectivity index (χ3n) is 3.61. The predicted molar refractivity (Wildman–Crippen MR) is 95.9 cm³/mol. The van der Waals surface area contributed by atoms with Gasteiger partial charge >= 0.3 is 0 Å². The molecule has 2 aromatic rings. The average molecular weight is 337 g/mol. The summed E-state index contributed by atoms with van der Waals surface area (Å²) in [7, 11) is 0. The molecule has 0 saturated carbocycles. The van der Waals surface area contributed by atoms with Gasteiger partial charge in [-0.15, -0.1) is 22.7 Å². The number of carbonyl (C=O) groups excluding carboxylic acids is 1. The normalized spacial score (nSPS) is 11.1. The Morgan fingerprint density at radius 1 is 1.36 bits per heavy atom. The summed E-state index contributed by atoms with van der Waals surface area (Å²) < 4.78 is 0. The SMILES string of the molecule is CCCCCN(C(=O)c1sc(-c2cccs2)nc1C)C(C)C. The van der Waals surface area contributed by atoms with Crippen LogP contribution in [0.4, 0.5) is 0 Å². The highest BCUT2D eigenvalue weighted by molar-refractivity contribution is 7.22. The van der Waals surface area contributed by atoms with Gasteiger partial charge in [0.2, 0.25) is 0 Å². The number of amides is 1. The summed E-state index contributed by atoms with van der Waals surface area (Å²) in [6, 6.07) is 4.29. The maximum atomic E-state index is 12.9. The van der Waals surface area contributed by atoms with Crippen LogP contribution in [0.15, 0.2) is 17.5 Å². The van der Waals surface area contributed by atoms with E-state index in [1.165, 1.54) is 24.2 Å². The highest BCUT2D eigenvalue weighted by atomic mass is 32.1. The molecule has 22 heavy (non-hydrogen) atoms. The number of thiophene rings is 1. The molecule has 3 nitrogen and oxygen atoms in total. The third kappa shape index (κ3) is 3.96. The Bertz CT molecular complexity index is 602. The highest BCUT2D eigenvalue weighted by Gasteiger charge is 2.23. The summed E-state index contributed by atoms with van der Waals surface area (Å²) in [5, 5.41) is 2.99.